The SMILES string of the molecule is CC1C=C2NC(=O)CCC[C@]2(C)C2CC[C@]3(C)CC(O)CC3C12. The summed E-state index contributed by atoms with van der Waals surface area (Å²) in [5, 5.41) is 13.5. The van der Waals surface area contributed by atoms with Crippen LogP contribution in [0, 0.1) is 34.5 Å². The van der Waals surface area contributed by atoms with Crippen molar-refractivity contribution < 1.29 is 9.90 Å². The third kappa shape index (κ3) is 2.22. The highest BCUT2D eigenvalue weighted by Gasteiger charge is 2.58. The summed E-state index contributed by atoms with van der Waals surface area (Å²) >= 11 is 0. The van der Waals surface area contributed by atoms with Crippen molar-refractivity contribution in [2.24, 2.45) is 34.5 Å². The number of aliphatic hydroxyl groups is 1. The van der Waals surface area contributed by atoms with E-state index in [1.165, 1.54) is 18.5 Å². The summed E-state index contributed by atoms with van der Waals surface area (Å²) in [6.45, 7) is 7.13. The monoisotopic (exact) mass is 317 g/mol. The summed E-state index contributed by atoms with van der Waals surface area (Å²) < 4.78 is 0. The molecule has 0 aromatic heterocycles. The first-order valence-electron chi connectivity index (χ1n) is 9.54. The van der Waals surface area contributed by atoms with Gasteiger partial charge in [0, 0.05) is 17.5 Å². The molecule has 7 atom stereocenters. The Hall–Kier alpha value is -0.830. The van der Waals surface area contributed by atoms with E-state index >= 15 is 0 Å². The average molecular weight is 317 g/mol. The molecule has 0 spiro atoms. The molecule has 0 radical (unpaired) electrons. The Balaban J connectivity index is 1.74. The number of rotatable bonds is 0. The van der Waals surface area contributed by atoms with Crippen molar-refractivity contribution in [1.82, 2.24) is 5.32 Å². The molecule has 3 heteroatoms. The van der Waals surface area contributed by atoms with Gasteiger partial charge in [-0.2, -0.15) is 0 Å². The Morgan fingerprint density at radius 1 is 1.26 bits per heavy atom. The Morgan fingerprint density at radius 3 is 2.83 bits per heavy atom. The fourth-order valence-corrected chi connectivity index (χ4v) is 6.79. The highest BCUT2D eigenvalue weighted by atomic mass is 16.3. The molecule has 128 valence electrons. The Labute approximate surface area is 139 Å². The van der Waals surface area contributed by atoms with E-state index in [4.69, 9.17) is 0 Å². The molecule has 0 aromatic rings. The molecule has 1 heterocycles. The van der Waals surface area contributed by atoms with Crippen LogP contribution < -0.4 is 5.32 Å². The van der Waals surface area contributed by atoms with Gasteiger partial charge in [0.2, 0.25) is 5.91 Å². The van der Waals surface area contributed by atoms with Gasteiger partial charge in [0.15, 0.2) is 0 Å². The van der Waals surface area contributed by atoms with Gasteiger partial charge in [0.1, 0.15) is 0 Å². The standard InChI is InChI=1S/C20H31NO2/c1-12-9-16-20(3,7-4-5-17(23)21-16)14-6-8-19(2)11-13(22)10-15(19)18(12)14/h9,12-15,18,22H,4-8,10-11H2,1-3H3,(H,21,23)/t12?,13?,14?,15?,18?,19-,20-/m1/s1. The van der Waals surface area contributed by atoms with E-state index in [9.17, 15) is 9.90 Å². The van der Waals surface area contributed by atoms with Gasteiger partial charge in [0.25, 0.3) is 0 Å². The molecule has 5 unspecified atom stereocenters. The van der Waals surface area contributed by atoms with E-state index in [-0.39, 0.29) is 17.4 Å². The van der Waals surface area contributed by atoms with Gasteiger partial charge in [-0.15, -0.1) is 0 Å². The second-order valence-corrected chi connectivity index (χ2v) is 9.34. The van der Waals surface area contributed by atoms with Gasteiger partial charge in [-0.1, -0.05) is 26.8 Å². The molecule has 1 aliphatic heterocycles. The fourth-order valence-electron chi connectivity index (χ4n) is 6.79. The lowest BCUT2D eigenvalue weighted by Crippen LogP contribution is -2.51. The van der Waals surface area contributed by atoms with Crippen LogP contribution in [-0.4, -0.2) is 17.1 Å². The highest BCUT2D eigenvalue weighted by Crippen LogP contribution is 2.64. The summed E-state index contributed by atoms with van der Waals surface area (Å²) in [6.07, 6.45) is 9.49. The molecule has 0 aromatic carbocycles. The van der Waals surface area contributed by atoms with Crippen molar-refractivity contribution in [2.45, 2.75) is 71.8 Å². The number of hydrogen-bond donors (Lipinski definition) is 2. The molecule has 2 saturated carbocycles. The highest BCUT2D eigenvalue weighted by molar-refractivity contribution is 5.78. The summed E-state index contributed by atoms with van der Waals surface area (Å²) in [7, 11) is 0. The molecule has 23 heavy (non-hydrogen) atoms. The van der Waals surface area contributed by atoms with Crippen LogP contribution in [0.5, 0.6) is 0 Å². The van der Waals surface area contributed by atoms with Gasteiger partial charge in [0.05, 0.1) is 6.10 Å². The zero-order valence-electron chi connectivity index (χ0n) is 14.8. The maximum atomic E-state index is 12.0. The van der Waals surface area contributed by atoms with Gasteiger partial charge >= 0.3 is 0 Å². The molecule has 3 nitrogen and oxygen atoms in total. The van der Waals surface area contributed by atoms with E-state index in [1.807, 2.05) is 0 Å². The smallest absolute Gasteiger partial charge is 0.224 e. The van der Waals surface area contributed by atoms with Crippen molar-refractivity contribution in [3.63, 3.8) is 0 Å². The summed E-state index contributed by atoms with van der Waals surface area (Å²) in [6, 6.07) is 0. The lowest BCUT2D eigenvalue weighted by molar-refractivity contribution is -0.120. The molecule has 1 amide bonds. The number of aliphatic hydroxyl groups excluding tert-OH is 1. The zero-order valence-corrected chi connectivity index (χ0v) is 14.8. The zero-order chi connectivity index (χ0) is 16.4. The third-order valence-corrected chi connectivity index (χ3v) is 7.92. The minimum atomic E-state index is -0.108. The summed E-state index contributed by atoms with van der Waals surface area (Å²) in [5.74, 6) is 2.65. The number of amides is 1. The van der Waals surface area contributed by atoms with E-state index in [0.717, 1.165) is 25.7 Å². The number of carbonyl (C=O) groups is 1. The molecular formula is C20H31NO2. The van der Waals surface area contributed by atoms with Crippen molar-refractivity contribution in [2.75, 3.05) is 0 Å². The number of nitrogens with one attached hydrogen (secondary N) is 1. The maximum absolute atomic E-state index is 12.0. The largest absolute Gasteiger partial charge is 0.393 e. The minimum absolute atomic E-state index is 0.108. The van der Waals surface area contributed by atoms with Crippen molar-refractivity contribution >= 4 is 5.91 Å². The Morgan fingerprint density at radius 2 is 2.04 bits per heavy atom. The molecule has 2 N–H and O–H groups in total. The van der Waals surface area contributed by atoms with Gasteiger partial charge in [-0.25, -0.2) is 0 Å². The first-order chi connectivity index (χ1) is 10.8. The summed E-state index contributed by atoms with van der Waals surface area (Å²) in [5.41, 5.74) is 1.65. The van der Waals surface area contributed by atoms with E-state index in [0.29, 0.717) is 35.5 Å². The molecular weight excluding hydrogens is 286 g/mol. The molecule has 4 rings (SSSR count). The molecule has 4 aliphatic rings. The predicted molar refractivity (Wildman–Crippen MR) is 90.4 cm³/mol. The van der Waals surface area contributed by atoms with Crippen LogP contribution in [-0.2, 0) is 4.79 Å². The van der Waals surface area contributed by atoms with Gasteiger partial charge in [-0.05, 0) is 67.6 Å². The number of fused-ring (bicyclic) bond motifs is 5. The van der Waals surface area contributed by atoms with Gasteiger partial charge < -0.3 is 10.4 Å². The average Bonchev–Trinajstić information content (AvgIpc) is 2.69. The van der Waals surface area contributed by atoms with Crippen LogP contribution in [0.1, 0.15) is 65.7 Å². The Kier molecular flexibility index (Phi) is 3.46. The lowest BCUT2D eigenvalue weighted by atomic mass is 9.48. The van der Waals surface area contributed by atoms with Crippen LogP contribution >= 0.6 is 0 Å². The van der Waals surface area contributed by atoms with Gasteiger partial charge in [-0.3, -0.25) is 4.79 Å². The molecule has 3 aliphatic carbocycles. The lowest BCUT2D eigenvalue weighted by Gasteiger charge is -2.57. The normalized spacial score (nSPS) is 52.6. The van der Waals surface area contributed by atoms with Crippen LogP contribution in [0.15, 0.2) is 11.8 Å². The van der Waals surface area contributed by atoms with E-state index in [2.05, 4.69) is 32.2 Å². The summed E-state index contributed by atoms with van der Waals surface area (Å²) in [4.78, 5) is 12.0. The van der Waals surface area contributed by atoms with E-state index in [1.54, 1.807) is 0 Å². The number of carbonyl (C=O) groups excluding carboxylic acids is 1. The second-order valence-electron chi connectivity index (χ2n) is 9.34. The predicted octanol–water partition coefficient (Wildman–Crippen LogP) is 3.63. The second kappa shape index (κ2) is 5.08. The first-order valence-corrected chi connectivity index (χ1v) is 9.54. The topological polar surface area (TPSA) is 49.3 Å². The van der Waals surface area contributed by atoms with Crippen LogP contribution in [0.4, 0.5) is 0 Å². The number of allylic oxidation sites excluding steroid dienone is 2. The molecule has 1 saturated heterocycles. The maximum Gasteiger partial charge on any atom is 0.224 e. The molecule has 0 bridgehead atoms. The van der Waals surface area contributed by atoms with Crippen molar-refractivity contribution in [3.05, 3.63) is 11.8 Å². The van der Waals surface area contributed by atoms with Crippen LogP contribution in [0.2, 0.25) is 0 Å². The van der Waals surface area contributed by atoms with Crippen molar-refractivity contribution in [1.29, 1.82) is 0 Å². The Bertz CT molecular complexity index is 556. The van der Waals surface area contributed by atoms with Crippen molar-refractivity contribution in [3.8, 4) is 0 Å². The minimum Gasteiger partial charge on any atom is -0.393 e. The van der Waals surface area contributed by atoms with E-state index < -0.39 is 0 Å². The quantitative estimate of drug-likeness (QED) is 0.717. The van der Waals surface area contributed by atoms with Crippen LogP contribution in [0.3, 0.4) is 0 Å². The fraction of sp³-hybridized carbons (Fsp3) is 0.850. The third-order valence-electron chi connectivity index (χ3n) is 7.92. The molecule has 3 fully saturated rings. The number of hydrogen-bond acceptors (Lipinski definition) is 2. The van der Waals surface area contributed by atoms with Crippen LogP contribution in [0.25, 0.3) is 0 Å². The first kappa shape index (κ1) is 15.7.